The number of hydrogen-bond acceptors (Lipinski definition) is 6. The summed E-state index contributed by atoms with van der Waals surface area (Å²) < 4.78 is 0. The minimum Gasteiger partial charge on any atom is -0.376 e. The second-order valence-corrected chi connectivity index (χ2v) is 9.38. The van der Waals surface area contributed by atoms with Crippen molar-refractivity contribution in [1.29, 1.82) is 0 Å². The molecular weight excluding hydrogens is 471 g/mol. The maximum atomic E-state index is 12.4. The van der Waals surface area contributed by atoms with Gasteiger partial charge in [0.2, 0.25) is 0 Å². The van der Waals surface area contributed by atoms with Crippen LogP contribution in [0.2, 0.25) is 10.0 Å². The van der Waals surface area contributed by atoms with Gasteiger partial charge in [0, 0.05) is 53.7 Å². The Labute approximate surface area is 206 Å². The van der Waals surface area contributed by atoms with Crippen molar-refractivity contribution < 1.29 is 0 Å². The molecule has 3 aromatic carbocycles. The van der Waals surface area contributed by atoms with Gasteiger partial charge in [0.25, 0.3) is 10.9 Å². The van der Waals surface area contributed by atoms with E-state index in [0.29, 0.717) is 16.6 Å². The fraction of sp³-hybridized carbons (Fsp3) is 0.192. The zero-order valence-electron chi connectivity index (χ0n) is 18.4. The predicted molar refractivity (Wildman–Crippen MR) is 137 cm³/mol. The highest BCUT2D eigenvalue weighted by Gasteiger charge is 2.29. The molecular formula is C26H22Cl2N4O2. The molecule has 4 aromatic rings. The van der Waals surface area contributed by atoms with Gasteiger partial charge < -0.3 is 15.5 Å². The van der Waals surface area contributed by atoms with Crippen molar-refractivity contribution in [3.63, 3.8) is 0 Å². The molecule has 2 N–H and O–H groups in total. The van der Waals surface area contributed by atoms with E-state index < -0.39 is 10.9 Å². The zero-order chi connectivity index (χ0) is 23.8. The maximum absolute atomic E-state index is 12.4. The molecule has 2 heterocycles. The Kier molecular flexibility index (Phi) is 6.13. The van der Waals surface area contributed by atoms with Crippen molar-refractivity contribution >= 4 is 40.3 Å². The lowest BCUT2D eigenvalue weighted by Crippen LogP contribution is -2.37. The lowest BCUT2D eigenvalue weighted by Gasteiger charge is -2.34. The predicted octanol–water partition coefficient (Wildman–Crippen LogP) is 4.92. The number of hydrogen-bond donors (Lipinski definition) is 2. The first-order chi connectivity index (χ1) is 16.4. The van der Waals surface area contributed by atoms with Crippen LogP contribution in [0.5, 0.6) is 0 Å². The molecule has 8 heteroatoms. The smallest absolute Gasteiger partial charge is 0.253 e. The van der Waals surface area contributed by atoms with Gasteiger partial charge in [-0.1, -0.05) is 47.5 Å². The van der Waals surface area contributed by atoms with E-state index in [-0.39, 0.29) is 17.3 Å². The molecule has 5 rings (SSSR count). The van der Waals surface area contributed by atoms with E-state index in [1.807, 2.05) is 49.5 Å². The van der Waals surface area contributed by atoms with Crippen molar-refractivity contribution in [1.82, 2.24) is 9.88 Å². The first kappa shape index (κ1) is 22.6. The largest absolute Gasteiger partial charge is 0.376 e. The molecule has 1 aliphatic heterocycles. The van der Waals surface area contributed by atoms with Crippen LogP contribution in [-0.2, 0) is 13.1 Å². The van der Waals surface area contributed by atoms with E-state index in [2.05, 4.69) is 20.5 Å². The van der Waals surface area contributed by atoms with Gasteiger partial charge in [-0.2, -0.15) is 0 Å². The number of anilines is 3. The average molecular weight is 493 g/mol. The van der Waals surface area contributed by atoms with Crippen LogP contribution in [0.1, 0.15) is 28.2 Å². The molecule has 0 fully saturated rings. The third-order valence-corrected chi connectivity index (χ3v) is 6.75. The Bertz CT molecular complexity index is 1430. The average Bonchev–Trinajstić information content (AvgIpc) is 2.84. The number of pyridine rings is 1. The first-order valence-corrected chi connectivity index (χ1v) is 11.7. The summed E-state index contributed by atoms with van der Waals surface area (Å²) in [5, 5.41) is 7.56. The summed E-state index contributed by atoms with van der Waals surface area (Å²) in [5.74, 6) is -0.00747. The number of rotatable bonds is 6. The Morgan fingerprint density at radius 2 is 1.82 bits per heavy atom. The standard InChI is InChI=1S/C26H22Cl2N4O2/c1-32-13-19(18-9-16(27)10-21(28)20(18)14-32)17-6-2-3-7-22(17)31-24-23(25(33)26(24)34)30-12-15-5-4-8-29-11-15/h2-11,19,30-31H,12-14H2,1H3. The van der Waals surface area contributed by atoms with Crippen LogP contribution in [-0.4, -0.2) is 23.5 Å². The SMILES string of the molecule is CN1Cc2c(Cl)cc(Cl)cc2C(c2ccccc2Nc2c(NCc3cccnc3)c(=O)c2=O)C1. The number of halogens is 2. The van der Waals surface area contributed by atoms with E-state index in [1.54, 1.807) is 18.5 Å². The Balaban J connectivity index is 1.48. The van der Waals surface area contributed by atoms with Gasteiger partial charge in [-0.15, -0.1) is 0 Å². The molecule has 0 amide bonds. The molecule has 0 spiro atoms. The van der Waals surface area contributed by atoms with Gasteiger partial charge in [0.1, 0.15) is 11.4 Å². The normalized spacial score (nSPS) is 15.8. The third-order valence-electron chi connectivity index (χ3n) is 6.19. The molecule has 172 valence electrons. The second-order valence-electron chi connectivity index (χ2n) is 8.54. The fourth-order valence-corrected chi connectivity index (χ4v) is 5.10. The zero-order valence-corrected chi connectivity index (χ0v) is 20.0. The van der Waals surface area contributed by atoms with Gasteiger partial charge >= 0.3 is 0 Å². The van der Waals surface area contributed by atoms with E-state index in [1.165, 1.54) is 0 Å². The van der Waals surface area contributed by atoms with E-state index in [0.717, 1.165) is 41.0 Å². The highest BCUT2D eigenvalue weighted by molar-refractivity contribution is 6.35. The van der Waals surface area contributed by atoms with Gasteiger partial charge in [0.15, 0.2) is 0 Å². The molecule has 0 saturated carbocycles. The fourth-order valence-electron chi connectivity index (χ4n) is 4.53. The number of fused-ring (bicyclic) bond motifs is 1. The maximum Gasteiger partial charge on any atom is 0.253 e. The van der Waals surface area contributed by atoms with E-state index in [9.17, 15) is 9.59 Å². The molecule has 6 nitrogen and oxygen atoms in total. The lowest BCUT2D eigenvalue weighted by molar-refractivity contribution is 0.295. The summed E-state index contributed by atoms with van der Waals surface area (Å²) in [5.41, 5.74) is 4.31. The molecule has 0 saturated heterocycles. The van der Waals surface area contributed by atoms with E-state index in [4.69, 9.17) is 23.2 Å². The molecule has 1 aromatic heterocycles. The summed E-state index contributed by atoms with van der Waals surface area (Å²) >= 11 is 12.9. The van der Waals surface area contributed by atoms with Crippen molar-refractivity contribution in [2.45, 2.75) is 19.0 Å². The molecule has 0 aliphatic carbocycles. The molecule has 1 aliphatic rings. The first-order valence-electron chi connectivity index (χ1n) is 10.9. The van der Waals surface area contributed by atoms with Gasteiger partial charge in [-0.3, -0.25) is 14.6 Å². The number of likely N-dealkylation sites (N-methyl/N-ethyl adjacent to an activating group) is 1. The quantitative estimate of drug-likeness (QED) is 0.372. The molecule has 1 unspecified atom stereocenters. The van der Waals surface area contributed by atoms with Crippen molar-refractivity contribution in [3.05, 3.63) is 114 Å². The summed E-state index contributed by atoms with van der Waals surface area (Å²) in [6.45, 7) is 1.89. The number of para-hydroxylation sites is 1. The minimum absolute atomic E-state index is 0.00747. The number of nitrogens with zero attached hydrogens (tertiary/aromatic N) is 2. The highest BCUT2D eigenvalue weighted by atomic mass is 35.5. The van der Waals surface area contributed by atoms with E-state index >= 15 is 0 Å². The van der Waals surface area contributed by atoms with Crippen molar-refractivity contribution in [3.8, 4) is 0 Å². The van der Waals surface area contributed by atoms with Crippen LogP contribution < -0.4 is 21.5 Å². The topological polar surface area (TPSA) is 74.3 Å². The van der Waals surface area contributed by atoms with Crippen molar-refractivity contribution in [2.24, 2.45) is 0 Å². The highest BCUT2D eigenvalue weighted by Crippen LogP contribution is 2.41. The van der Waals surface area contributed by atoms with Crippen LogP contribution in [0, 0.1) is 0 Å². The summed E-state index contributed by atoms with van der Waals surface area (Å²) in [7, 11) is 2.05. The summed E-state index contributed by atoms with van der Waals surface area (Å²) in [4.78, 5) is 31.0. The Morgan fingerprint density at radius 1 is 1.03 bits per heavy atom. The van der Waals surface area contributed by atoms with Crippen LogP contribution in [0.25, 0.3) is 0 Å². The molecule has 34 heavy (non-hydrogen) atoms. The Morgan fingerprint density at radius 3 is 2.62 bits per heavy atom. The number of nitrogens with one attached hydrogen (secondary N) is 2. The summed E-state index contributed by atoms with van der Waals surface area (Å²) in [6, 6.07) is 15.3. The van der Waals surface area contributed by atoms with Crippen LogP contribution >= 0.6 is 23.2 Å². The lowest BCUT2D eigenvalue weighted by atomic mass is 9.84. The summed E-state index contributed by atoms with van der Waals surface area (Å²) in [6.07, 6.45) is 3.40. The molecule has 0 radical (unpaired) electrons. The third kappa shape index (κ3) is 4.20. The van der Waals surface area contributed by atoms with Crippen LogP contribution in [0.15, 0.2) is 70.5 Å². The van der Waals surface area contributed by atoms with Gasteiger partial charge in [-0.05, 0) is 53.6 Å². The second kappa shape index (κ2) is 9.22. The van der Waals surface area contributed by atoms with Crippen molar-refractivity contribution in [2.75, 3.05) is 24.2 Å². The van der Waals surface area contributed by atoms with Crippen LogP contribution in [0.4, 0.5) is 17.1 Å². The monoisotopic (exact) mass is 492 g/mol. The van der Waals surface area contributed by atoms with Crippen LogP contribution in [0.3, 0.4) is 0 Å². The minimum atomic E-state index is -0.532. The number of benzene rings is 2. The van der Waals surface area contributed by atoms with Gasteiger partial charge in [0.05, 0.1) is 0 Å². The molecule has 1 atom stereocenters. The Hall–Kier alpha value is -3.19. The van der Waals surface area contributed by atoms with Gasteiger partial charge in [-0.25, -0.2) is 0 Å². The molecule has 0 bridgehead atoms. The number of aromatic nitrogens is 1.